The Morgan fingerprint density at radius 2 is 1.97 bits per heavy atom. The predicted molar refractivity (Wildman–Crippen MR) is 129 cm³/mol. The van der Waals surface area contributed by atoms with Crippen LogP contribution in [0.4, 0.5) is 5.13 Å². The van der Waals surface area contributed by atoms with Gasteiger partial charge in [-0.05, 0) is 51.1 Å². The minimum absolute atomic E-state index is 0.121. The van der Waals surface area contributed by atoms with Gasteiger partial charge in [0.25, 0.3) is 5.91 Å². The second kappa shape index (κ2) is 8.25. The molecule has 0 unspecified atom stereocenters. The lowest BCUT2D eigenvalue weighted by Crippen LogP contribution is -2.13. The van der Waals surface area contributed by atoms with Gasteiger partial charge in [-0.15, -0.1) is 22.7 Å². The molecule has 5 rings (SSSR count). The van der Waals surface area contributed by atoms with E-state index in [1.54, 1.807) is 23.7 Å². The Kier molecular flexibility index (Phi) is 5.28. The SMILES string of the molecule is Cc1ccc(-c2cc(C(=O)Nc3nc(-c4ccccn4)cs3)c3cnn(C(C)C)c3n2)s1. The van der Waals surface area contributed by atoms with Crippen molar-refractivity contribution in [2.24, 2.45) is 0 Å². The molecule has 160 valence electrons. The number of aromatic nitrogens is 5. The summed E-state index contributed by atoms with van der Waals surface area (Å²) in [5.41, 5.74) is 3.48. The van der Waals surface area contributed by atoms with Gasteiger partial charge < -0.3 is 0 Å². The number of pyridine rings is 2. The van der Waals surface area contributed by atoms with Crippen LogP contribution in [-0.4, -0.2) is 30.6 Å². The molecule has 5 aromatic heterocycles. The topological polar surface area (TPSA) is 85.6 Å². The molecule has 0 atom stereocenters. The van der Waals surface area contributed by atoms with Gasteiger partial charge >= 0.3 is 0 Å². The number of nitrogens with one attached hydrogen (secondary N) is 1. The number of amides is 1. The van der Waals surface area contributed by atoms with Crippen LogP contribution in [0.25, 0.3) is 33.0 Å². The molecule has 0 aliphatic rings. The molecule has 32 heavy (non-hydrogen) atoms. The Balaban J connectivity index is 1.54. The number of fused-ring (bicyclic) bond motifs is 1. The molecule has 7 nitrogen and oxygen atoms in total. The van der Waals surface area contributed by atoms with Crippen LogP contribution in [0.3, 0.4) is 0 Å². The highest BCUT2D eigenvalue weighted by atomic mass is 32.1. The van der Waals surface area contributed by atoms with E-state index in [1.165, 1.54) is 16.2 Å². The van der Waals surface area contributed by atoms with Crippen LogP contribution < -0.4 is 5.32 Å². The van der Waals surface area contributed by atoms with Crippen LogP contribution in [0.5, 0.6) is 0 Å². The highest BCUT2D eigenvalue weighted by Crippen LogP contribution is 2.31. The van der Waals surface area contributed by atoms with Crippen LogP contribution in [0.15, 0.2) is 54.2 Å². The normalized spacial score (nSPS) is 11.4. The molecule has 5 heterocycles. The van der Waals surface area contributed by atoms with Crippen molar-refractivity contribution in [3.8, 4) is 22.0 Å². The maximum Gasteiger partial charge on any atom is 0.258 e. The van der Waals surface area contributed by atoms with Gasteiger partial charge in [-0.1, -0.05) is 6.07 Å². The molecule has 0 radical (unpaired) electrons. The van der Waals surface area contributed by atoms with Crippen molar-refractivity contribution < 1.29 is 4.79 Å². The first-order chi connectivity index (χ1) is 15.5. The Labute approximate surface area is 192 Å². The molecule has 0 aliphatic carbocycles. The fourth-order valence-electron chi connectivity index (χ4n) is 3.41. The smallest absolute Gasteiger partial charge is 0.258 e. The first-order valence-corrected chi connectivity index (χ1v) is 11.8. The summed E-state index contributed by atoms with van der Waals surface area (Å²) in [6, 6.07) is 11.7. The Hall–Kier alpha value is -3.43. The van der Waals surface area contributed by atoms with E-state index in [2.05, 4.69) is 33.4 Å². The predicted octanol–water partition coefficient (Wildman–Crippen LogP) is 5.82. The number of carbonyl (C=O) groups excluding carboxylic acids is 1. The van der Waals surface area contributed by atoms with Gasteiger partial charge in [-0.25, -0.2) is 14.6 Å². The van der Waals surface area contributed by atoms with E-state index in [0.717, 1.165) is 27.3 Å². The van der Waals surface area contributed by atoms with E-state index >= 15 is 0 Å². The second-order valence-electron chi connectivity index (χ2n) is 7.59. The lowest BCUT2D eigenvalue weighted by Gasteiger charge is -2.10. The summed E-state index contributed by atoms with van der Waals surface area (Å²) in [4.78, 5) is 29.2. The maximum absolute atomic E-state index is 13.3. The maximum atomic E-state index is 13.3. The number of hydrogen-bond acceptors (Lipinski definition) is 7. The second-order valence-corrected chi connectivity index (χ2v) is 9.74. The highest BCUT2D eigenvalue weighted by Gasteiger charge is 2.20. The standard InChI is InChI=1S/C23H20N6OS2/c1-13(2)29-21-16(11-25-29)15(10-18(26-21)20-8-7-14(3)32-20)22(30)28-23-27-19(12-31-23)17-6-4-5-9-24-17/h4-13H,1-3H3,(H,27,28,30). The average molecular weight is 461 g/mol. The zero-order chi connectivity index (χ0) is 22.2. The molecule has 0 saturated heterocycles. The molecule has 0 spiro atoms. The van der Waals surface area contributed by atoms with Gasteiger partial charge in [-0.3, -0.25) is 15.1 Å². The first kappa shape index (κ1) is 20.5. The van der Waals surface area contributed by atoms with Gasteiger partial charge in [0.2, 0.25) is 0 Å². The van der Waals surface area contributed by atoms with Gasteiger partial charge in [-0.2, -0.15) is 5.10 Å². The average Bonchev–Trinajstić information content (AvgIpc) is 3.53. The van der Waals surface area contributed by atoms with E-state index in [1.807, 2.05) is 54.2 Å². The largest absolute Gasteiger partial charge is 0.298 e. The summed E-state index contributed by atoms with van der Waals surface area (Å²) in [7, 11) is 0. The summed E-state index contributed by atoms with van der Waals surface area (Å²) in [6.45, 7) is 6.15. The number of nitrogens with zero attached hydrogens (tertiary/aromatic N) is 5. The van der Waals surface area contributed by atoms with Crippen LogP contribution in [0.1, 0.15) is 35.1 Å². The van der Waals surface area contributed by atoms with Crippen molar-refractivity contribution in [3.05, 3.63) is 64.6 Å². The first-order valence-electron chi connectivity index (χ1n) is 10.1. The molecular weight excluding hydrogens is 440 g/mol. The molecule has 0 aromatic carbocycles. The molecule has 5 aromatic rings. The Morgan fingerprint density at radius 1 is 1.09 bits per heavy atom. The number of hydrogen-bond donors (Lipinski definition) is 1. The Morgan fingerprint density at radius 3 is 2.69 bits per heavy atom. The molecular formula is C23H20N6OS2. The molecule has 0 aliphatic heterocycles. The minimum Gasteiger partial charge on any atom is -0.298 e. The summed E-state index contributed by atoms with van der Waals surface area (Å²) < 4.78 is 1.85. The van der Waals surface area contributed by atoms with Crippen molar-refractivity contribution in [2.45, 2.75) is 26.8 Å². The van der Waals surface area contributed by atoms with Crippen molar-refractivity contribution in [1.29, 1.82) is 0 Å². The van der Waals surface area contributed by atoms with Crippen molar-refractivity contribution >= 4 is 44.7 Å². The summed E-state index contributed by atoms with van der Waals surface area (Å²) >= 11 is 3.02. The fourth-order valence-corrected chi connectivity index (χ4v) is 4.94. The van der Waals surface area contributed by atoms with Crippen LogP contribution in [0.2, 0.25) is 0 Å². The summed E-state index contributed by atoms with van der Waals surface area (Å²) in [5, 5.41) is 10.5. The molecule has 0 fully saturated rings. The fraction of sp³-hybridized carbons (Fsp3) is 0.174. The summed E-state index contributed by atoms with van der Waals surface area (Å²) in [6.07, 6.45) is 3.43. The van der Waals surface area contributed by atoms with Gasteiger partial charge in [0, 0.05) is 22.5 Å². The highest BCUT2D eigenvalue weighted by molar-refractivity contribution is 7.15. The third-order valence-corrected chi connectivity index (χ3v) is 6.73. The van der Waals surface area contributed by atoms with Crippen molar-refractivity contribution in [2.75, 3.05) is 5.32 Å². The number of anilines is 1. The minimum atomic E-state index is -0.239. The Bertz CT molecular complexity index is 1420. The van der Waals surface area contributed by atoms with E-state index in [0.29, 0.717) is 16.3 Å². The zero-order valence-electron chi connectivity index (χ0n) is 17.7. The molecule has 0 bridgehead atoms. The van der Waals surface area contributed by atoms with Crippen molar-refractivity contribution in [1.82, 2.24) is 24.7 Å². The van der Waals surface area contributed by atoms with E-state index in [-0.39, 0.29) is 11.9 Å². The van der Waals surface area contributed by atoms with Gasteiger partial charge in [0.15, 0.2) is 10.8 Å². The zero-order valence-corrected chi connectivity index (χ0v) is 19.4. The third-order valence-electron chi connectivity index (χ3n) is 4.95. The van der Waals surface area contributed by atoms with E-state index < -0.39 is 0 Å². The monoisotopic (exact) mass is 460 g/mol. The summed E-state index contributed by atoms with van der Waals surface area (Å²) in [5.74, 6) is -0.239. The number of aryl methyl sites for hydroxylation is 1. The molecule has 1 amide bonds. The molecule has 9 heteroatoms. The number of carbonyl (C=O) groups is 1. The third kappa shape index (κ3) is 3.80. The lowest BCUT2D eigenvalue weighted by molar-refractivity contribution is 0.102. The van der Waals surface area contributed by atoms with E-state index in [9.17, 15) is 4.79 Å². The van der Waals surface area contributed by atoms with Crippen LogP contribution in [0, 0.1) is 6.92 Å². The quantitative estimate of drug-likeness (QED) is 0.357. The van der Waals surface area contributed by atoms with E-state index in [4.69, 9.17) is 4.98 Å². The van der Waals surface area contributed by atoms with Crippen LogP contribution in [-0.2, 0) is 0 Å². The van der Waals surface area contributed by atoms with Crippen LogP contribution >= 0.6 is 22.7 Å². The number of thiazole rings is 1. The van der Waals surface area contributed by atoms with Crippen molar-refractivity contribution in [3.63, 3.8) is 0 Å². The number of thiophene rings is 1. The van der Waals surface area contributed by atoms with Gasteiger partial charge in [0.1, 0.15) is 5.69 Å². The van der Waals surface area contributed by atoms with Gasteiger partial charge in [0.05, 0.1) is 33.4 Å². The lowest BCUT2D eigenvalue weighted by atomic mass is 10.1. The number of rotatable bonds is 5. The molecule has 1 N–H and O–H groups in total. The molecule has 0 saturated carbocycles.